The van der Waals surface area contributed by atoms with Gasteiger partial charge in [0.2, 0.25) is 5.89 Å². The lowest BCUT2D eigenvalue weighted by Gasteiger charge is -2.24. The van der Waals surface area contributed by atoms with E-state index in [0.29, 0.717) is 23.9 Å². The van der Waals surface area contributed by atoms with Gasteiger partial charge in [-0.15, -0.1) is 0 Å². The molecule has 2 aromatic carbocycles. The lowest BCUT2D eigenvalue weighted by atomic mass is 9.98. The van der Waals surface area contributed by atoms with Crippen molar-refractivity contribution in [1.29, 1.82) is 0 Å². The summed E-state index contributed by atoms with van der Waals surface area (Å²) in [5.74, 6) is 1.05. The first-order valence-electron chi connectivity index (χ1n) is 10.6. The van der Waals surface area contributed by atoms with E-state index in [-0.39, 0.29) is 13.4 Å². The molecular weight excluding hydrogens is 424 g/mol. The van der Waals surface area contributed by atoms with Crippen LogP contribution in [0.15, 0.2) is 65.3 Å². The van der Waals surface area contributed by atoms with Crippen LogP contribution >= 0.6 is 0 Å². The number of hydrogen-bond acceptors (Lipinski definition) is 7. The number of oxazole rings is 1. The lowest BCUT2D eigenvalue weighted by Crippen LogP contribution is -2.35. The Hall–Kier alpha value is -3.36. The average Bonchev–Trinajstić information content (AvgIpc) is 3.24. The van der Waals surface area contributed by atoms with Crippen LogP contribution in [0.4, 0.5) is 4.79 Å². The summed E-state index contributed by atoms with van der Waals surface area (Å²) in [7, 11) is 1.56. The fourth-order valence-electron chi connectivity index (χ4n) is 3.07. The molecule has 33 heavy (non-hydrogen) atoms. The number of methoxy groups -OCH3 is 1. The number of rotatable bonds is 10. The number of carbonyl (C=O) groups excluding carboxylic acids is 1. The fraction of sp³-hybridized carbons (Fsp3) is 0.360. The Bertz CT molecular complexity index is 1010. The molecule has 1 unspecified atom stereocenters. The first-order chi connectivity index (χ1) is 15.8. The summed E-state index contributed by atoms with van der Waals surface area (Å²) >= 11 is 0. The molecule has 0 bridgehead atoms. The van der Waals surface area contributed by atoms with E-state index >= 15 is 0 Å². The number of aromatic nitrogens is 1. The molecule has 1 atom stereocenters. The van der Waals surface area contributed by atoms with Crippen LogP contribution < -0.4 is 10.1 Å². The smallest absolute Gasteiger partial charge is 0.408 e. The molecule has 8 nitrogen and oxygen atoms in total. The Kier molecular flexibility index (Phi) is 8.46. The maximum Gasteiger partial charge on any atom is 0.408 e. The third kappa shape index (κ3) is 7.93. The SMILES string of the molecule is COCOCc1coc(COc2cccc(C(NC(=O)OC(C)(C)C)c3ccccc3)c2)n1. The average molecular weight is 455 g/mol. The van der Waals surface area contributed by atoms with Crippen LogP contribution in [0.3, 0.4) is 0 Å². The molecular formula is C25H30N2O6. The Morgan fingerprint density at radius 2 is 1.82 bits per heavy atom. The second kappa shape index (κ2) is 11.5. The highest BCUT2D eigenvalue weighted by Gasteiger charge is 2.22. The third-order valence-corrected chi connectivity index (χ3v) is 4.40. The standard InChI is InChI=1S/C25H30N2O6/c1-25(2,3)33-24(28)27-23(18-9-6-5-7-10-18)19-11-8-12-21(13-19)31-16-22-26-20(15-32-22)14-30-17-29-4/h5-13,15,23H,14,16-17H2,1-4H3,(H,27,28). The predicted molar refractivity (Wildman–Crippen MR) is 122 cm³/mol. The highest BCUT2D eigenvalue weighted by Crippen LogP contribution is 2.26. The van der Waals surface area contributed by atoms with Gasteiger partial charge in [0.05, 0.1) is 12.6 Å². The molecule has 1 aromatic heterocycles. The predicted octanol–water partition coefficient (Wildman–Crippen LogP) is 4.99. The summed E-state index contributed by atoms with van der Waals surface area (Å²) in [6.07, 6.45) is 1.03. The van der Waals surface area contributed by atoms with Crippen LogP contribution in [0.25, 0.3) is 0 Å². The molecule has 0 radical (unpaired) electrons. The normalized spacial score (nSPS) is 12.2. The Labute approximate surface area is 193 Å². The Balaban J connectivity index is 1.70. The molecule has 1 heterocycles. The number of amides is 1. The van der Waals surface area contributed by atoms with E-state index in [2.05, 4.69) is 10.3 Å². The summed E-state index contributed by atoms with van der Waals surface area (Å²) in [4.78, 5) is 16.8. The van der Waals surface area contributed by atoms with Gasteiger partial charge in [-0.05, 0) is 44.0 Å². The van der Waals surface area contributed by atoms with Gasteiger partial charge in [-0.3, -0.25) is 0 Å². The summed E-state index contributed by atoms with van der Waals surface area (Å²) in [6.45, 7) is 6.12. The summed E-state index contributed by atoms with van der Waals surface area (Å²) in [5, 5.41) is 2.96. The van der Waals surface area contributed by atoms with Crippen molar-refractivity contribution >= 4 is 6.09 Å². The molecule has 0 saturated carbocycles. The molecule has 3 aromatic rings. The first kappa shape index (κ1) is 24.3. The largest absolute Gasteiger partial charge is 0.484 e. The van der Waals surface area contributed by atoms with Crippen molar-refractivity contribution in [2.45, 2.75) is 45.6 Å². The topological polar surface area (TPSA) is 92.1 Å². The van der Waals surface area contributed by atoms with Gasteiger partial charge < -0.3 is 28.7 Å². The van der Waals surface area contributed by atoms with Crippen LogP contribution in [0, 0.1) is 0 Å². The molecule has 176 valence electrons. The number of nitrogens with zero attached hydrogens (tertiary/aromatic N) is 1. The zero-order valence-electron chi connectivity index (χ0n) is 19.4. The van der Waals surface area contributed by atoms with Crippen molar-refractivity contribution < 1.29 is 28.2 Å². The van der Waals surface area contributed by atoms with Crippen LogP contribution in [-0.2, 0) is 27.4 Å². The van der Waals surface area contributed by atoms with Crippen LogP contribution in [0.5, 0.6) is 5.75 Å². The molecule has 0 aliphatic carbocycles. The van der Waals surface area contributed by atoms with Gasteiger partial charge in [0.25, 0.3) is 0 Å². The molecule has 1 N–H and O–H groups in total. The molecule has 0 aliphatic rings. The van der Waals surface area contributed by atoms with E-state index in [0.717, 1.165) is 11.1 Å². The Morgan fingerprint density at radius 1 is 1.06 bits per heavy atom. The minimum atomic E-state index is -0.597. The van der Waals surface area contributed by atoms with Gasteiger partial charge in [-0.25, -0.2) is 9.78 Å². The molecule has 1 amide bonds. The van der Waals surface area contributed by atoms with Crippen molar-refractivity contribution in [2.24, 2.45) is 0 Å². The molecule has 0 fully saturated rings. The highest BCUT2D eigenvalue weighted by molar-refractivity contribution is 5.69. The zero-order chi connectivity index (χ0) is 23.7. The third-order valence-electron chi connectivity index (χ3n) is 4.40. The maximum atomic E-state index is 12.5. The van der Waals surface area contributed by atoms with Crippen molar-refractivity contribution in [1.82, 2.24) is 10.3 Å². The highest BCUT2D eigenvalue weighted by atomic mass is 16.7. The number of alkyl carbamates (subject to hydrolysis) is 1. The number of carbonyl (C=O) groups is 1. The van der Waals surface area contributed by atoms with Crippen LogP contribution in [-0.4, -0.2) is 30.6 Å². The number of benzene rings is 2. The summed E-state index contributed by atoms with van der Waals surface area (Å²) < 4.78 is 26.9. The van der Waals surface area contributed by atoms with Gasteiger partial charge in [0.1, 0.15) is 30.1 Å². The summed E-state index contributed by atoms with van der Waals surface area (Å²) in [5.41, 5.74) is 1.84. The van der Waals surface area contributed by atoms with Crippen molar-refractivity contribution in [3.63, 3.8) is 0 Å². The van der Waals surface area contributed by atoms with Gasteiger partial charge in [-0.1, -0.05) is 42.5 Å². The fourth-order valence-corrected chi connectivity index (χ4v) is 3.07. The van der Waals surface area contributed by atoms with Gasteiger partial charge in [0.15, 0.2) is 6.61 Å². The monoisotopic (exact) mass is 454 g/mol. The lowest BCUT2D eigenvalue weighted by molar-refractivity contribution is -0.0401. The van der Waals surface area contributed by atoms with Crippen molar-refractivity contribution in [2.75, 3.05) is 13.9 Å². The van der Waals surface area contributed by atoms with Gasteiger partial charge in [0, 0.05) is 7.11 Å². The van der Waals surface area contributed by atoms with E-state index in [1.165, 1.54) is 6.26 Å². The summed E-state index contributed by atoms with van der Waals surface area (Å²) in [6, 6.07) is 16.8. The molecule has 0 spiro atoms. The number of ether oxygens (including phenoxy) is 4. The molecule has 3 rings (SSSR count). The molecule has 0 saturated heterocycles. The number of nitrogens with one attached hydrogen (secondary N) is 1. The van der Waals surface area contributed by atoms with Gasteiger partial charge >= 0.3 is 6.09 Å². The maximum absolute atomic E-state index is 12.5. The number of hydrogen-bond donors (Lipinski definition) is 1. The van der Waals surface area contributed by atoms with Crippen molar-refractivity contribution in [3.8, 4) is 5.75 Å². The molecule has 0 aliphatic heterocycles. The van der Waals surface area contributed by atoms with Crippen LogP contribution in [0.1, 0.15) is 49.5 Å². The second-order valence-electron chi connectivity index (χ2n) is 8.34. The van der Waals surface area contributed by atoms with Gasteiger partial charge in [-0.2, -0.15) is 0 Å². The molecule has 8 heteroatoms. The minimum absolute atomic E-state index is 0.156. The van der Waals surface area contributed by atoms with Crippen LogP contribution in [0.2, 0.25) is 0 Å². The minimum Gasteiger partial charge on any atom is -0.484 e. The van der Waals surface area contributed by atoms with E-state index < -0.39 is 17.7 Å². The van der Waals surface area contributed by atoms with Crippen molar-refractivity contribution in [3.05, 3.63) is 83.6 Å². The first-order valence-corrected chi connectivity index (χ1v) is 10.6. The van der Waals surface area contributed by atoms with E-state index in [4.69, 9.17) is 23.4 Å². The van der Waals surface area contributed by atoms with E-state index in [1.807, 2.05) is 75.4 Å². The second-order valence-corrected chi connectivity index (χ2v) is 8.34. The zero-order valence-corrected chi connectivity index (χ0v) is 19.4. The van der Waals surface area contributed by atoms with E-state index in [1.54, 1.807) is 7.11 Å². The van der Waals surface area contributed by atoms with E-state index in [9.17, 15) is 4.79 Å². The quantitative estimate of drug-likeness (QED) is 0.341. The Morgan fingerprint density at radius 3 is 2.55 bits per heavy atom.